The number of hydrogen-bond acceptors (Lipinski definition) is 4. The molecule has 4 nitrogen and oxygen atoms in total. The molecule has 18 heavy (non-hydrogen) atoms. The summed E-state index contributed by atoms with van der Waals surface area (Å²) in [6, 6.07) is 6.99. The molecule has 1 aromatic carbocycles. The van der Waals surface area contributed by atoms with Crippen molar-refractivity contribution in [3.63, 3.8) is 0 Å². The van der Waals surface area contributed by atoms with Crippen molar-refractivity contribution in [1.29, 1.82) is 0 Å². The number of rotatable bonds is 3. The van der Waals surface area contributed by atoms with Gasteiger partial charge in [-0.15, -0.1) is 0 Å². The molecule has 2 rings (SSSR count). The molecule has 1 heterocycles. The minimum atomic E-state index is -0.828. The molecule has 2 atom stereocenters. The molecule has 1 aliphatic rings. The molecule has 0 aliphatic carbocycles. The Labute approximate surface area is 106 Å². The highest BCUT2D eigenvalue weighted by Gasteiger charge is 2.33. The first-order valence-corrected chi connectivity index (χ1v) is 5.96. The van der Waals surface area contributed by atoms with Gasteiger partial charge in [-0.05, 0) is 23.6 Å². The average molecular weight is 247 g/mol. The monoisotopic (exact) mass is 247 g/mol. The Morgan fingerprint density at radius 1 is 1.61 bits per heavy atom. The number of nitrogens with two attached hydrogens (primary N) is 1. The minimum absolute atomic E-state index is 0.308. The highest BCUT2D eigenvalue weighted by molar-refractivity contribution is 5.82. The zero-order valence-corrected chi connectivity index (χ0v) is 10.4. The van der Waals surface area contributed by atoms with Crippen LogP contribution in [-0.2, 0) is 20.9 Å². The number of benzene rings is 1. The van der Waals surface area contributed by atoms with E-state index in [1.54, 1.807) is 6.92 Å². The molecule has 0 radical (unpaired) electrons. The van der Waals surface area contributed by atoms with Gasteiger partial charge in [0, 0.05) is 0 Å². The number of ether oxygens (including phenoxy) is 2. The van der Waals surface area contributed by atoms with E-state index in [-0.39, 0.29) is 0 Å². The topological polar surface area (TPSA) is 61.5 Å². The lowest BCUT2D eigenvalue weighted by molar-refractivity contribution is -0.147. The Kier molecular flexibility index (Phi) is 3.79. The van der Waals surface area contributed by atoms with E-state index in [0.717, 1.165) is 16.7 Å². The highest BCUT2D eigenvalue weighted by atomic mass is 16.5. The van der Waals surface area contributed by atoms with Crippen molar-refractivity contribution in [3.05, 3.63) is 42.0 Å². The predicted octanol–water partition coefficient (Wildman–Crippen LogP) is 1.49. The van der Waals surface area contributed by atoms with Crippen LogP contribution in [0.1, 0.15) is 18.1 Å². The maximum Gasteiger partial charge on any atom is 0.325 e. The molecule has 0 bridgehead atoms. The van der Waals surface area contributed by atoms with Crippen LogP contribution in [0.2, 0.25) is 0 Å². The molecule has 0 amide bonds. The van der Waals surface area contributed by atoms with Crippen LogP contribution in [0.15, 0.2) is 30.8 Å². The first-order chi connectivity index (χ1) is 8.65. The fourth-order valence-corrected chi connectivity index (χ4v) is 2.08. The number of carbonyl (C=O) groups excluding carboxylic acids is 1. The molecule has 0 aromatic heterocycles. The second-order valence-electron chi connectivity index (χ2n) is 4.19. The van der Waals surface area contributed by atoms with Crippen molar-refractivity contribution in [2.45, 2.75) is 25.7 Å². The number of esters is 1. The van der Waals surface area contributed by atoms with Gasteiger partial charge in [0.25, 0.3) is 0 Å². The van der Waals surface area contributed by atoms with E-state index in [1.165, 1.54) is 0 Å². The van der Waals surface area contributed by atoms with Gasteiger partial charge in [-0.25, -0.2) is 0 Å². The molecule has 0 saturated heterocycles. The fourth-order valence-electron chi connectivity index (χ4n) is 2.08. The molecule has 0 spiro atoms. The summed E-state index contributed by atoms with van der Waals surface area (Å²) < 4.78 is 10.5. The Morgan fingerprint density at radius 2 is 2.33 bits per heavy atom. The van der Waals surface area contributed by atoms with E-state index >= 15 is 0 Å². The molecule has 1 aliphatic heterocycles. The van der Waals surface area contributed by atoms with E-state index in [1.807, 2.05) is 24.3 Å². The lowest BCUT2D eigenvalue weighted by atomic mass is 9.91. The summed E-state index contributed by atoms with van der Waals surface area (Å²) in [6.45, 7) is 6.48. The van der Waals surface area contributed by atoms with E-state index in [9.17, 15) is 4.79 Å². The molecule has 0 fully saturated rings. The second-order valence-corrected chi connectivity index (χ2v) is 4.19. The standard InChI is InChI=1S/C14H17NO3/c1-3-17-14(16)12(15)13-9(2)11-7-5-4-6-10(11)8-18-13/h4-7,12-13H,2-3,8,15H2,1H3/t12-,13+/m1/s1. The van der Waals surface area contributed by atoms with Gasteiger partial charge in [-0.2, -0.15) is 0 Å². The van der Waals surface area contributed by atoms with E-state index in [4.69, 9.17) is 15.2 Å². The average Bonchev–Trinajstić information content (AvgIpc) is 2.39. The van der Waals surface area contributed by atoms with Gasteiger partial charge in [0.05, 0.1) is 13.2 Å². The van der Waals surface area contributed by atoms with Crippen molar-refractivity contribution in [3.8, 4) is 0 Å². The number of hydrogen-bond donors (Lipinski definition) is 1. The van der Waals surface area contributed by atoms with Gasteiger partial charge in [-0.3, -0.25) is 4.79 Å². The lowest BCUT2D eigenvalue weighted by Crippen LogP contribution is -2.46. The minimum Gasteiger partial charge on any atom is -0.465 e. The van der Waals surface area contributed by atoms with Gasteiger partial charge in [0.15, 0.2) is 0 Å². The molecule has 0 unspecified atom stereocenters. The van der Waals surface area contributed by atoms with Crippen LogP contribution in [0.4, 0.5) is 0 Å². The summed E-state index contributed by atoms with van der Waals surface area (Å²) in [5, 5.41) is 0. The molecule has 4 heteroatoms. The number of fused-ring (bicyclic) bond motifs is 1. The van der Waals surface area contributed by atoms with Gasteiger partial charge in [0.2, 0.25) is 0 Å². The Hall–Kier alpha value is -1.65. The number of carbonyl (C=O) groups is 1. The highest BCUT2D eigenvalue weighted by Crippen LogP contribution is 2.30. The molecular formula is C14H17NO3. The maximum atomic E-state index is 11.6. The van der Waals surface area contributed by atoms with Crippen molar-refractivity contribution < 1.29 is 14.3 Å². The van der Waals surface area contributed by atoms with Crippen LogP contribution in [0.25, 0.3) is 5.57 Å². The SMILES string of the molecule is C=C1c2ccccc2CO[C@@H]1[C@@H](N)C(=O)OCC. The van der Waals surface area contributed by atoms with E-state index < -0.39 is 18.1 Å². The summed E-state index contributed by atoms with van der Waals surface area (Å²) in [6.07, 6.45) is -0.515. The quantitative estimate of drug-likeness (QED) is 0.822. The van der Waals surface area contributed by atoms with E-state index in [2.05, 4.69) is 6.58 Å². The summed E-state index contributed by atoms with van der Waals surface area (Å²) in [5.74, 6) is -0.456. The summed E-state index contributed by atoms with van der Waals surface area (Å²) in [4.78, 5) is 11.6. The summed E-state index contributed by atoms with van der Waals surface area (Å²) >= 11 is 0. The third kappa shape index (κ3) is 2.30. The first kappa shape index (κ1) is 12.8. The van der Waals surface area contributed by atoms with Crippen molar-refractivity contribution >= 4 is 11.5 Å². The van der Waals surface area contributed by atoms with Crippen LogP contribution in [0, 0.1) is 0 Å². The van der Waals surface area contributed by atoms with Gasteiger partial charge in [0.1, 0.15) is 12.1 Å². The van der Waals surface area contributed by atoms with Crippen LogP contribution in [0.5, 0.6) is 0 Å². The molecule has 1 aromatic rings. The normalized spacial score (nSPS) is 20.1. The van der Waals surface area contributed by atoms with Crippen molar-refractivity contribution in [2.24, 2.45) is 5.73 Å². The van der Waals surface area contributed by atoms with Crippen LogP contribution in [-0.4, -0.2) is 24.7 Å². The Balaban J connectivity index is 2.19. The summed E-state index contributed by atoms with van der Waals surface area (Å²) in [5.41, 5.74) is 8.67. The fraction of sp³-hybridized carbons (Fsp3) is 0.357. The third-order valence-corrected chi connectivity index (χ3v) is 3.01. The van der Waals surface area contributed by atoms with Crippen LogP contribution < -0.4 is 5.73 Å². The second kappa shape index (κ2) is 5.33. The maximum absolute atomic E-state index is 11.6. The van der Waals surface area contributed by atoms with Crippen LogP contribution in [0.3, 0.4) is 0 Å². The van der Waals surface area contributed by atoms with Crippen molar-refractivity contribution in [2.75, 3.05) is 6.61 Å². The zero-order chi connectivity index (χ0) is 13.1. The predicted molar refractivity (Wildman–Crippen MR) is 68.7 cm³/mol. The van der Waals surface area contributed by atoms with Crippen LogP contribution >= 0.6 is 0 Å². The first-order valence-electron chi connectivity index (χ1n) is 5.96. The lowest BCUT2D eigenvalue weighted by Gasteiger charge is -2.30. The Bertz CT molecular complexity index is 470. The molecular weight excluding hydrogens is 230 g/mol. The van der Waals surface area contributed by atoms with Gasteiger partial charge in [-0.1, -0.05) is 30.8 Å². The Morgan fingerprint density at radius 3 is 3.06 bits per heavy atom. The van der Waals surface area contributed by atoms with Gasteiger partial charge < -0.3 is 15.2 Å². The molecule has 2 N–H and O–H groups in total. The van der Waals surface area contributed by atoms with Crippen molar-refractivity contribution in [1.82, 2.24) is 0 Å². The summed E-state index contributed by atoms with van der Waals surface area (Å²) in [7, 11) is 0. The van der Waals surface area contributed by atoms with Gasteiger partial charge >= 0.3 is 5.97 Å². The largest absolute Gasteiger partial charge is 0.465 e. The molecule has 0 saturated carbocycles. The zero-order valence-electron chi connectivity index (χ0n) is 10.4. The van der Waals surface area contributed by atoms with E-state index in [0.29, 0.717) is 13.2 Å². The third-order valence-electron chi connectivity index (χ3n) is 3.01. The molecule has 96 valence electrons. The smallest absolute Gasteiger partial charge is 0.325 e.